The lowest BCUT2D eigenvalue weighted by atomic mass is 9.89. The third-order valence-electron chi connectivity index (χ3n) is 4.13. The van der Waals surface area contributed by atoms with Crippen LogP contribution in [0.1, 0.15) is 25.8 Å². The SMILES string of the molecule is Cc1ccc(NC2CC(C)N(C)CC2C)cc1F. The van der Waals surface area contributed by atoms with E-state index in [1.807, 2.05) is 12.1 Å². The van der Waals surface area contributed by atoms with Gasteiger partial charge in [-0.2, -0.15) is 0 Å². The van der Waals surface area contributed by atoms with E-state index in [1.165, 1.54) is 0 Å². The highest BCUT2D eigenvalue weighted by molar-refractivity contribution is 5.46. The van der Waals surface area contributed by atoms with Crippen molar-refractivity contribution >= 4 is 5.69 Å². The van der Waals surface area contributed by atoms with Crippen LogP contribution in [0.2, 0.25) is 0 Å². The minimum atomic E-state index is -0.131. The molecule has 100 valence electrons. The molecule has 3 atom stereocenters. The van der Waals surface area contributed by atoms with Crippen LogP contribution in [0.25, 0.3) is 0 Å². The largest absolute Gasteiger partial charge is 0.382 e. The lowest BCUT2D eigenvalue weighted by Gasteiger charge is -2.40. The van der Waals surface area contributed by atoms with Gasteiger partial charge < -0.3 is 10.2 Å². The maximum absolute atomic E-state index is 13.5. The number of hydrogen-bond donors (Lipinski definition) is 1. The molecule has 3 heteroatoms. The zero-order valence-electron chi connectivity index (χ0n) is 11.7. The van der Waals surface area contributed by atoms with Gasteiger partial charge in [0.2, 0.25) is 0 Å². The summed E-state index contributed by atoms with van der Waals surface area (Å²) in [6.07, 6.45) is 1.10. The summed E-state index contributed by atoms with van der Waals surface area (Å²) in [5, 5.41) is 3.48. The quantitative estimate of drug-likeness (QED) is 0.866. The Kier molecular flexibility index (Phi) is 3.91. The van der Waals surface area contributed by atoms with E-state index < -0.39 is 0 Å². The van der Waals surface area contributed by atoms with Crippen LogP contribution in [-0.2, 0) is 0 Å². The van der Waals surface area contributed by atoms with E-state index in [0.717, 1.165) is 18.7 Å². The van der Waals surface area contributed by atoms with Gasteiger partial charge in [0.1, 0.15) is 5.82 Å². The van der Waals surface area contributed by atoms with Gasteiger partial charge in [-0.05, 0) is 50.9 Å². The molecule has 1 aromatic rings. The summed E-state index contributed by atoms with van der Waals surface area (Å²) in [4.78, 5) is 2.39. The molecule has 0 spiro atoms. The van der Waals surface area contributed by atoms with Gasteiger partial charge in [-0.3, -0.25) is 0 Å². The molecule has 1 aliphatic rings. The van der Waals surface area contributed by atoms with Gasteiger partial charge >= 0.3 is 0 Å². The molecule has 1 saturated heterocycles. The van der Waals surface area contributed by atoms with E-state index in [1.54, 1.807) is 13.0 Å². The summed E-state index contributed by atoms with van der Waals surface area (Å²) in [7, 11) is 2.17. The van der Waals surface area contributed by atoms with Crippen molar-refractivity contribution in [2.45, 2.75) is 39.3 Å². The zero-order chi connectivity index (χ0) is 13.3. The summed E-state index contributed by atoms with van der Waals surface area (Å²) in [5.41, 5.74) is 1.59. The Balaban J connectivity index is 2.06. The Morgan fingerprint density at radius 2 is 2.06 bits per heavy atom. The average Bonchev–Trinajstić information content (AvgIpc) is 2.31. The van der Waals surface area contributed by atoms with Crippen molar-refractivity contribution in [1.82, 2.24) is 4.90 Å². The second kappa shape index (κ2) is 5.27. The minimum Gasteiger partial charge on any atom is -0.382 e. The third kappa shape index (κ3) is 2.83. The fraction of sp³-hybridized carbons (Fsp3) is 0.600. The maximum Gasteiger partial charge on any atom is 0.128 e. The van der Waals surface area contributed by atoms with Crippen LogP contribution in [0, 0.1) is 18.7 Å². The van der Waals surface area contributed by atoms with Crippen molar-refractivity contribution in [3.8, 4) is 0 Å². The number of anilines is 1. The topological polar surface area (TPSA) is 15.3 Å². The second-order valence-corrected chi connectivity index (χ2v) is 5.72. The summed E-state index contributed by atoms with van der Waals surface area (Å²) in [6.45, 7) is 7.38. The van der Waals surface area contributed by atoms with Crippen molar-refractivity contribution in [1.29, 1.82) is 0 Å². The molecule has 0 radical (unpaired) electrons. The van der Waals surface area contributed by atoms with E-state index in [9.17, 15) is 4.39 Å². The van der Waals surface area contributed by atoms with Crippen molar-refractivity contribution in [3.63, 3.8) is 0 Å². The number of halogens is 1. The summed E-state index contributed by atoms with van der Waals surface area (Å²) in [5.74, 6) is 0.448. The molecule has 1 aliphatic heterocycles. The van der Waals surface area contributed by atoms with Crippen LogP contribution >= 0.6 is 0 Å². The number of benzene rings is 1. The average molecular weight is 250 g/mol. The number of piperidine rings is 1. The monoisotopic (exact) mass is 250 g/mol. The Hall–Kier alpha value is -1.09. The van der Waals surface area contributed by atoms with E-state index in [0.29, 0.717) is 23.6 Å². The van der Waals surface area contributed by atoms with E-state index in [4.69, 9.17) is 0 Å². The number of nitrogens with zero attached hydrogens (tertiary/aromatic N) is 1. The van der Waals surface area contributed by atoms with Gasteiger partial charge in [-0.25, -0.2) is 4.39 Å². The highest BCUT2D eigenvalue weighted by Gasteiger charge is 2.28. The van der Waals surface area contributed by atoms with Crippen LogP contribution in [0.3, 0.4) is 0 Å². The van der Waals surface area contributed by atoms with E-state index in [2.05, 4.69) is 31.1 Å². The number of hydrogen-bond acceptors (Lipinski definition) is 2. The molecule has 1 fully saturated rings. The zero-order valence-corrected chi connectivity index (χ0v) is 11.7. The van der Waals surface area contributed by atoms with Crippen molar-refractivity contribution in [3.05, 3.63) is 29.6 Å². The first-order valence-electron chi connectivity index (χ1n) is 6.70. The van der Waals surface area contributed by atoms with Crippen molar-refractivity contribution in [2.75, 3.05) is 18.9 Å². The van der Waals surface area contributed by atoms with Gasteiger partial charge in [0.25, 0.3) is 0 Å². The number of rotatable bonds is 2. The second-order valence-electron chi connectivity index (χ2n) is 5.72. The van der Waals surface area contributed by atoms with Gasteiger partial charge in [0.15, 0.2) is 0 Å². The molecule has 0 saturated carbocycles. The molecule has 2 rings (SSSR count). The molecule has 0 bridgehead atoms. The first-order chi connectivity index (χ1) is 8.47. The Bertz CT molecular complexity index is 419. The molecule has 0 aromatic heterocycles. The molecular weight excluding hydrogens is 227 g/mol. The first-order valence-corrected chi connectivity index (χ1v) is 6.70. The molecule has 1 aromatic carbocycles. The molecule has 18 heavy (non-hydrogen) atoms. The summed E-state index contributed by atoms with van der Waals surface area (Å²) in [6, 6.07) is 6.41. The number of aryl methyl sites for hydroxylation is 1. The van der Waals surface area contributed by atoms with Gasteiger partial charge in [0.05, 0.1) is 0 Å². The van der Waals surface area contributed by atoms with Crippen LogP contribution < -0.4 is 5.32 Å². The van der Waals surface area contributed by atoms with Crippen LogP contribution in [0.4, 0.5) is 10.1 Å². The van der Waals surface area contributed by atoms with Gasteiger partial charge in [-0.15, -0.1) is 0 Å². The Labute approximate surface area is 109 Å². The Morgan fingerprint density at radius 3 is 2.72 bits per heavy atom. The highest BCUT2D eigenvalue weighted by atomic mass is 19.1. The fourth-order valence-electron chi connectivity index (χ4n) is 2.64. The van der Waals surface area contributed by atoms with Crippen LogP contribution in [0.5, 0.6) is 0 Å². The highest BCUT2D eigenvalue weighted by Crippen LogP contribution is 2.25. The van der Waals surface area contributed by atoms with Crippen LogP contribution in [-0.4, -0.2) is 30.6 Å². The molecule has 3 unspecified atom stereocenters. The van der Waals surface area contributed by atoms with E-state index >= 15 is 0 Å². The normalized spacial score (nSPS) is 29.3. The van der Waals surface area contributed by atoms with Crippen LogP contribution in [0.15, 0.2) is 18.2 Å². The molecule has 1 heterocycles. The molecule has 2 nitrogen and oxygen atoms in total. The fourth-order valence-corrected chi connectivity index (χ4v) is 2.64. The van der Waals surface area contributed by atoms with E-state index in [-0.39, 0.29) is 5.82 Å². The lowest BCUT2D eigenvalue weighted by molar-refractivity contribution is 0.145. The predicted molar refractivity (Wildman–Crippen MR) is 74.4 cm³/mol. The summed E-state index contributed by atoms with van der Waals surface area (Å²) < 4.78 is 13.5. The van der Waals surface area contributed by atoms with Crippen molar-refractivity contribution < 1.29 is 4.39 Å². The predicted octanol–water partition coefficient (Wildman–Crippen LogP) is 3.27. The standard InChI is InChI=1S/C15H23FN2/c1-10-5-6-13(8-14(10)16)17-15-7-12(3)18(4)9-11(15)2/h5-6,8,11-12,15,17H,7,9H2,1-4H3. The first kappa shape index (κ1) is 13.3. The van der Waals surface area contributed by atoms with Gasteiger partial charge in [-0.1, -0.05) is 13.0 Å². The lowest BCUT2D eigenvalue weighted by Crippen LogP contribution is -2.48. The smallest absolute Gasteiger partial charge is 0.128 e. The molecule has 1 N–H and O–H groups in total. The minimum absolute atomic E-state index is 0.131. The van der Waals surface area contributed by atoms with Gasteiger partial charge in [0, 0.05) is 24.3 Å². The molecule has 0 amide bonds. The molecule has 0 aliphatic carbocycles. The molecular formula is C15H23FN2. The van der Waals surface area contributed by atoms with Crippen molar-refractivity contribution in [2.24, 2.45) is 5.92 Å². The third-order valence-corrected chi connectivity index (χ3v) is 4.13. The Morgan fingerprint density at radius 1 is 1.33 bits per heavy atom. The maximum atomic E-state index is 13.5. The number of nitrogens with one attached hydrogen (secondary N) is 1. The number of likely N-dealkylation sites (tertiary alicyclic amines) is 1. The summed E-state index contributed by atoms with van der Waals surface area (Å²) >= 11 is 0.